The Labute approximate surface area is 163 Å². The van der Waals surface area contributed by atoms with Gasteiger partial charge in [-0.2, -0.15) is 0 Å². The first-order valence-electron chi connectivity index (χ1n) is 9.72. The van der Waals surface area contributed by atoms with E-state index in [9.17, 15) is 18.0 Å². The molecule has 28 heavy (non-hydrogen) atoms. The van der Waals surface area contributed by atoms with Gasteiger partial charge in [-0.15, -0.1) is 0 Å². The molecule has 0 bridgehead atoms. The van der Waals surface area contributed by atoms with Gasteiger partial charge in [0.2, 0.25) is 10.0 Å². The second-order valence-corrected chi connectivity index (χ2v) is 8.83. The highest BCUT2D eigenvalue weighted by Crippen LogP contribution is 2.22. The van der Waals surface area contributed by atoms with Gasteiger partial charge in [0.15, 0.2) is 5.58 Å². The number of carbonyl (C=O) groups excluding carboxylic acids is 1. The first-order valence-corrected chi connectivity index (χ1v) is 11.2. The number of fused-ring (bicyclic) bond motifs is 1. The summed E-state index contributed by atoms with van der Waals surface area (Å²) in [6.07, 6.45) is 6.62. The molecule has 0 spiro atoms. The van der Waals surface area contributed by atoms with Crippen molar-refractivity contribution in [2.24, 2.45) is 0 Å². The molecule has 0 radical (unpaired) electrons. The van der Waals surface area contributed by atoms with Crippen LogP contribution in [-0.4, -0.2) is 31.6 Å². The largest absolute Gasteiger partial charge is 0.464 e. The Balaban J connectivity index is 1.82. The molecule has 1 heterocycles. The van der Waals surface area contributed by atoms with E-state index in [1.54, 1.807) is 0 Å². The number of oxazole rings is 1. The summed E-state index contributed by atoms with van der Waals surface area (Å²) in [4.78, 5) is 23.9. The summed E-state index contributed by atoms with van der Waals surface area (Å²) in [6, 6.07) is 4.15. The third kappa shape index (κ3) is 4.82. The van der Waals surface area contributed by atoms with E-state index in [2.05, 4.69) is 4.72 Å². The average molecular weight is 410 g/mol. The van der Waals surface area contributed by atoms with E-state index in [1.807, 2.05) is 6.92 Å². The highest BCUT2D eigenvalue weighted by atomic mass is 32.2. The number of benzene rings is 1. The number of hydrogen-bond donors (Lipinski definition) is 1. The SMILES string of the molecule is CCCOC(=O)Cn1c(=O)oc2cc(S(=O)(=O)NC3CCCCCC3)ccc21. The first-order chi connectivity index (χ1) is 13.4. The predicted molar refractivity (Wildman–Crippen MR) is 104 cm³/mol. The number of sulfonamides is 1. The van der Waals surface area contributed by atoms with Crippen LogP contribution in [0.25, 0.3) is 11.1 Å². The maximum atomic E-state index is 12.7. The number of nitrogens with one attached hydrogen (secondary N) is 1. The lowest BCUT2D eigenvalue weighted by atomic mass is 10.1. The summed E-state index contributed by atoms with van der Waals surface area (Å²) < 4.78 is 39.5. The standard InChI is InChI=1S/C19H26N2O6S/c1-2-11-26-18(22)13-21-16-10-9-15(12-17(16)27-19(21)23)28(24,25)20-14-7-5-3-4-6-8-14/h9-10,12,14,20H,2-8,11,13H2,1H3. The van der Waals surface area contributed by atoms with E-state index in [0.29, 0.717) is 11.9 Å². The molecule has 1 aromatic carbocycles. The van der Waals surface area contributed by atoms with Crippen molar-refractivity contribution in [3.05, 3.63) is 28.7 Å². The summed E-state index contributed by atoms with van der Waals surface area (Å²) in [5.74, 6) is -1.27. The molecule has 0 unspecified atom stereocenters. The average Bonchev–Trinajstić information content (AvgIpc) is 2.82. The smallest absolute Gasteiger partial charge is 0.420 e. The van der Waals surface area contributed by atoms with E-state index >= 15 is 0 Å². The van der Waals surface area contributed by atoms with Crippen LogP contribution in [0.2, 0.25) is 0 Å². The molecule has 8 nitrogen and oxygen atoms in total. The molecule has 0 atom stereocenters. The number of rotatable bonds is 7. The molecular weight excluding hydrogens is 384 g/mol. The Hall–Kier alpha value is -2.13. The molecule has 1 aliphatic rings. The fourth-order valence-electron chi connectivity index (χ4n) is 3.44. The van der Waals surface area contributed by atoms with Crippen LogP contribution in [0.15, 0.2) is 32.3 Å². The lowest BCUT2D eigenvalue weighted by molar-refractivity contribution is -0.144. The molecule has 1 aromatic heterocycles. The van der Waals surface area contributed by atoms with Gasteiger partial charge in [0.1, 0.15) is 6.54 Å². The van der Waals surface area contributed by atoms with Gasteiger partial charge in [-0.25, -0.2) is 17.9 Å². The van der Waals surface area contributed by atoms with Gasteiger partial charge >= 0.3 is 11.7 Å². The summed E-state index contributed by atoms with van der Waals surface area (Å²) in [7, 11) is -3.72. The van der Waals surface area contributed by atoms with Crippen LogP contribution in [0, 0.1) is 0 Å². The van der Waals surface area contributed by atoms with Crippen LogP contribution in [-0.2, 0) is 26.1 Å². The zero-order valence-electron chi connectivity index (χ0n) is 16.0. The predicted octanol–water partition coefficient (Wildman–Crippen LogP) is 2.55. The molecule has 2 aromatic rings. The van der Waals surface area contributed by atoms with Crippen molar-refractivity contribution < 1.29 is 22.4 Å². The Morgan fingerprint density at radius 3 is 2.64 bits per heavy atom. The van der Waals surface area contributed by atoms with Gasteiger partial charge in [-0.3, -0.25) is 9.36 Å². The van der Waals surface area contributed by atoms with Crippen molar-refractivity contribution in [2.75, 3.05) is 6.61 Å². The molecule has 0 aliphatic heterocycles. The van der Waals surface area contributed by atoms with Crippen molar-refractivity contribution >= 4 is 27.1 Å². The lowest BCUT2D eigenvalue weighted by Gasteiger charge is -2.16. The Kier molecular flexibility index (Phi) is 6.56. The van der Waals surface area contributed by atoms with Crippen molar-refractivity contribution in [2.45, 2.75) is 69.4 Å². The van der Waals surface area contributed by atoms with E-state index in [4.69, 9.17) is 9.15 Å². The molecule has 0 saturated heterocycles. The second kappa shape index (κ2) is 8.91. The molecule has 154 valence electrons. The van der Waals surface area contributed by atoms with E-state index in [-0.39, 0.29) is 29.7 Å². The minimum absolute atomic E-state index is 0.0405. The zero-order chi connectivity index (χ0) is 20.1. The van der Waals surface area contributed by atoms with Gasteiger partial charge in [0.25, 0.3) is 0 Å². The number of nitrogens with zero attached hydrogens (tertiary/aromatic N) is 1. The Bertz CT molecular complexity index is 984. The third-order valence-corrected chi connectivity index (χ3v) is 6.40. The van der Waals surface area contributed by atoms with Gasteiger partial charge in [0.05, 0.1) is 17.0 Å². The topological polar surface area (TPSA) is 108 Å². The van der Waals surface area contributed by atoms with Crippen LogP contribution < -0.4 is 10.5 Å². The van der Waals surface area contributed by atoms with Crippen LogP contribution in [0.4, 0.5) is 0 Å². The lowest BCUT2D eigenvalue weighted by Crippen LogP contribution is -2.34. The van der Waals surface area contributed by atoms with Gasteiger partial charge in [-0.1, -0.05) is 32.6 Å². The first kappa shape index (κ1) is 20.6. The summed E-state index contributed by atoms with van der Waals surface area (Å²) in [6.45, 7) is 1.87. The second-order valence-electron chi connectivity index (χ2n) is 7.11. The number of aromatic nitrogens is 1. The molecular formula is C19H26N2O6S. The normalized spacial score (nSPS) is 16.2. The summed E-state index contributed by atoms with van der Waals surface area (Å²) in [5.41, 5.74) is 0.476. The number of esters is 1. The maximum Gasteiger partial charge on any atom is 0.420 e. The van der Waals surface area contributed by atoms with Crippen LogP contribution in [0.1, 0.15) is 51.9 Å². The number of ether oxygens (including phenoxy) is 1. The van der Waals surface area contributed by atoms with Crippen LogP contribution in [0.3, 0.4) is 0 Å². The maximum absolute atomic E-state index is 12.7. The van der Waals surface area contributed by atoms with Gasteiger partial charge < -0.3 is 9.15 Å². The fraction of sp³-hybridized carbons (Fsp3) is 0.579. The Morgan fingerprint density at radius 1 is 1.25 bits per heavy atom. The zero-order valence-corrected chi connectivity index (χ0v) is 16.8. The molecule has 1 saturated carbocycles. The number of carbonyl (C=O) groups is 1. The molecule has 9 heteroatoms. The molecule has 1 aliphatic carbocycles. The molecule has 1 N–H and O–H groups in total. The number of hydrogen-bond acceptors (Lipinski definition) is 6. The highest BCUT2D eigenvalue weighted by Gasteiger charge is 2.23. The van der Waals surface area contributed by atoms with Gasteiger partial charge in [-0.05, 0) is 31.4 Å². The summed E-state index contributed by atoms with van der Waals surface area (Å²) >= 11 is 0. The van der Waals surface area contributed by atoms with E-state index in [1.165, 1.54) is 18.2 Å². The van der Waals surface area contributed by atoms with Crippen LogP contribution >= 0.6 is 0 Å². The minimum Gasteiger partial charge on any atom is -0.464 e. The summed E-state index contributed by atoms with van der Waals surface area (Å²) in [5, 5.41) is 0. The van der Waals surface area contributed by atoms with Crippen molar-refractivity contribution in [1.29, 1.82) is 0 Å². The quantitative estimate of drug-likeness (QED) is 0.555. The van der Waals surface area contributed by atoms with E-state index in [0.717, 1.165) is 43.1 Å². The van der Waals surface area contributed by atoms with Crippen molar-refractivity contribution in [3.8, 4) is 0 Å². The molecule has 3 rings (SSSR count). The van der Waals surface area contributed by atoms with Gasteiger partial charge in [0, 0.05) is 12.1 Å². The van der Waals surface area contributed by atoms with Crippen molar-refractivity contribution in [3.63, 3.8) is 0 Å². The van der Waals surface area contributed by atoms with Crippen molar-refractivity contribution in [1.82, 2.24) is 9.29 Å². The fourth-order valence-corrected chi connectivity index (χ4v) is 4.76. The highest BCUT2D eigenvalue weighted by molar-refractivity contribution is 7.89. The van der Waals surface area contributed by atoms with Crippen LogP contribution in [0.5, 0.6) is 0 Å². The third-order valence-electron chi connectivity index (χ3n) is 4.88. The van der Waals surface area contributed by atoms with E-state index < -0.39 is 21.7 Å². The minimum atomic E-state index is -3.72. The molecule has 0 amide bonds. The molecule has 1 fully saturated rings. The monoisotopic (exact) mass is 410 g/mol. The Morgan fingerprint density at radius 2 is 1.96 bits per heavy atom.